The van der Waals surface area contributed by atoms with Crippen molar-refractivity contribution in [3.8, 4) is 0 Å². The number of rotatable bonds is 13. The first-order valence-electron chi connectivity index (χ1n) is 16.2. The van der Waals surface area contributed by atoms with Gasteiger partial charge in [0.25, 0.3) is 0 Å². The molecule has 22 nitrogen and oxygen atoms in total. The summed E-state index contributed by atoms with van der Waals surface area (Å²) in [7, 11) is 0. The van der Waals surface area contributed by atoms with Crippen molar-refractivity contribution in [3.63, 3.8) is 0 Å². The molecule has 0 radical (unpaired) electrons. The minimum absolute atomic E-state index is 0.00431. The number of nitrogens with one attached hydrogen (secondary N) is 1. The van der Waals surface area contributed by atoms with Crippen molar-refractivity contribution in [2.24, 2.45) is 34.4 Å². The Labute approximate surface area is 281 Å². The van der Waals surface area contributed by atoms with Crippen LogP contribution in [0.1, 0.15) is 12.8 Å². The van der Waals surface area contributed by atoms with Crippen molar-refractivity contribution in [2.45, 2.75) is 135 Å². The maximum absolute atomic E-state index is 12.6. The standard InChI is InChI=1S/C27H53N7O15/c28-2-1-9(36)24(43)34-8-3-7(31)21(47-25-13(32)18(40)16(38)10(4-29)44-25)23(15(8)37)49-27-20(42)22(12(6-35)46-27)48-26-14(33)19(41)17(39)11(5-30)45-26/h7-23,25-27,35-42H,1-6,28-33H2,(H,34,43)/t7-,8+,9-,10+,11-,12+,13+,14+,15-,16+,17+,18+,19+,20+,21+,22+,23+,25+,26+,27-/m0/s1. The van der Waals surface area contributed by atoms with Gasteiger partial charge in [0.2, 0.25) is 5.91 Å². The molecule has 49 heavy (non-hydrogen) atoms. The van der Waals surface area contributed by atoms with Gasteiger partial charge in [-0.15, -0.1) is 0 Å². The van der Waals surface area contributed by atoms with E-state index in [9.17, 15) is 45.6 Å². The Kier molecular flexibility index (Phi) is 14.4. The highest BCUT2D eigenvalue weighted by atomic mass is 16.8. The fourth-order valence-corrected chi connectivity index (χ4v) is 6.42. The molecule has 20 atom stereocenters. The Morgan fingerprint density at radius 1 is 0.694 bits per heavy atom. The van der Waals surface area contributed by atoms with Gasteiger partial charge in [0, 0.05) is 19.1 Å². The number of carbonyl (C=O) groups excluding carboxylic acids is 1. The van der Waals surface area contributed by atoms with Crippen LogP contribution < -0.4 is 39.7 Å². The molecule has 0 aromatic heterocycles. The molecule has 0 spiro atoms. The number of carbonyl (C=O) groups is 1. The topological polar surface area (TPSA) is 402 Å². The minimum Gasteiger partial charge on any atom is -0.394 e. The molecule has 1 amide bonds. The summed E-state index contributed by atoms with van der Waals surface area (Å²) in [5, 5.41) is 86.9. The normalized spacial score (nSPS) is 48.3. The molecule has 4 rings (SSSR count). The second-order valence-electron chi connectivity index (χ2n) is 12.8. The Morgan fingerprint density at radius 2 is 1.18 bits per heavy atom. The molecule has 3 heterocycles. The van der Waals surface area contributed by atoms with Gasteiger partial charge in [-0.1, -0.05) is 0 Å². The van der Waals surface area contributed by atoms with Gasteiger partial charge in [0.05, 0.1) is 24.7 Å². The van der Waals surface area contributed by atoms with E-state index in [2.05, 4.69) is 5.32 Å². The summed E-state index contributed by atoms with van der Waals surface area (Å²) in [5.74, 6) is -0.849. The highest BCUT2D eigenvalue weighted by Gasteiger charge is 2.55. The van der Waals surface area contributed by atoms with Crippen molar-refractivity contribution >= 4 is 5.91 Å². The van der Waals surface area contributed by atoms with Crippen molar-refractivity contribution < 1.29 is 74.1 Å². The number of hydrogen-bond donors (Lipinski definition) is 15. The molecular formula is C27H53N7O15. The lowest BCUT2D eigenvalue weighted by Gasteiger charge is -2.48. The molecule has 0 bridgehead atoms. The Balaban J connectivity index is 1.57. The molecule has 1 saturated carbocycles. The Morgan fingerprint density at radius 3 is 1.67 bits per heavy atom. The van der Waals surface area contributed by atoms with E-state index < -0.39 is 135 Å². The van der Waals surface area contributed by atoms with E-state index in [1.807, 2.05) is 0 Å². The zero-order chi connectivity index (χ0) is 36.3. The van der Waals surface area contributed by atoms with Gasteiger partial charge < -0.3 is 109 Å². The van der Waals surface area contributed by atoms with E-state index in [1.165, 1.54) is 0 Å². The molecule has 4 aliphatic rings. The fraction of sp³-hybridized carbons (Fsp3) is 0.963. The maximum Gasteiger partial charge on any atom is 0.249 e. The summed E-state index contributed by atoms with van der Waals surface area (Å²) >= 11 is 0. The van der Waals surface area contributed by atoms with E-state index >= 15 is 0 Å². The second-order valence-corrected chi connectivity index (χ2v) is 12.8. The maximum atomic E-state index is 12.6. The fourth-order valence-electron chi connectivity index (χ4n) is 6.42. The van der Waals surface area contributed by atoms with Crippen LogP contribution in [0.4, 0.5) is 0 Å². The van der Waals surface area contributed by atoms with Gasteiger partial charge >= 0.3 is 0 Å². The lowest BCUT2D eigenvalue weighted by atomic mass is 9.83. The Bertz CT molecular complexity index is 1060. The van der Waals surface area contributed by atoms with Gasteiger partial charge in [0.1, 0.15) is 79.4 Å². The quantitative estimate of drug-likeness (QED) is 0.0841. The number of amides is 1. The molecule has 3 saturated heterocycles. The zero-order valence-corrected chi connectivity index (χ0v) is 26.7. The minimum atomic E-state index is -1.72. The average molecular weight is 716 g/mol. The number of aliphatic hydroxyl groups is 8. The van der Waals surface area contributed by atoms with Gasteiger partial charge in [-0.3, -0.25) is 4.79 Å². The van der Waals surface area contributed by atoms with Gasteiger partial charge in [0.15, 0.2) is 18.9 Å². The van der Waals surface area contributed by atoms with Crippen LogP contribution in [-0.2, 0) is 33.2 Å². The highest BCUT2D eigenvalue weighted by Crippen LogP contribution is 2.34. The van der Waals surface area contributed by atoms with Crippen LogP contribution in [0.2, 0.25) is 0 Å². The molecular weight excluding hydrogens is 662 g/mol. The van der Waals surface area contributed by atoms with E-state index in [4.69, 9.17) is 62.8 Å². The summed E-state index contributed by atoms with van der Waals surface area (Å²) in [5.41, 5.74) is 35.3. The lowest BCUT2D eigenvalue weighted by Crippen LogP contribution is -2.69. The van der Waals surface area contributed by atoms with Gasteiger partial charge in [-0.2, -0.15) is 0 Å². The third-order valence-electron chi connectivity index (χ3n) is 9.40. The van der Waals surface area contributed by atoms with Crippen LogP contribution in [0, 0.1) is 0 Å². The van der Waals surface area contributed by atoms with Crippen LogP contribution in [0.25, 0.3) is 0 Å². The van der Waals surface area contributed by atoms with Crippen molar-refractivity contribution in [2.75, 3.05) is 26.2 Å². The molecule has 0 unspecified atom stereocenters. The number of ether oxygens (including phenoxy) is 6. The lowest BCUT2D eigenvalue weighted by molar-refractivity contribution is -0.307. The van der Waals surface area contributed by atoms with Crippen LogP contribution in [-0.4, -0.2) is 195 Å². The molecule has 0 aromatic carbocycles. The SMILES string of the molecule is NCC[C@H](O)C(=O)N[C@@H]1C[C@H](N)[C@@H](O[C@H]2O[C@H](CN)[C@@H](O)[C@H](O)[C@H]2N)[C@H](O[C@@H]2O[C@H](CO)[C@@H](O[C@H]3O[C@@H](CN)[C@@H](O)[C@H](O)[C@H]3N)[C@H]2O)[C@H]1O. The predicted molar refractivity (Wildman–Crippen MR) is 162 cm³/mol. The first-order chi connectivity index (χ1) is 23.2. The van der Waals surface area contributed by atoms with E-state index in [0.717, 1.165) is 0 Å². The molecule has 4 fully saturated rings. The predicted octanol–water partition coefficient (Wildman–Crippen LogP) is -10.0. The number of nitrogens with two attached hydrogens (primary N) is 6. The van der Waals surface area contributed by atoms with Crippen LogP contribution in [0.5, 0.6) is 0 Å². The molecule has 0 aromatic rings. The van der Waals surface area contributed by atoms with Crippen LogP contribution in [0.15, 0.2) is 0 Å². The smallest absolute Gasteiger partial charge is 0.249 e. The molecule has 21 N–H and O–H groups in total. The second kappa shape index (κ2) is 17.5. The first-order valence-corrected chi connectivity index (χ1v) is 16.2. The molecule has 286 valence electrons. The Hall–Kier alpha value is -1.33. The largest absolute Gasteiger partial charge is 0.394 e. The summed E-state index contributed by atoms with van der Waals surface area (Å²) in [6.45, 7) is -1.14. The summed E-state index contributed by atoms with van der Waals surface area (Å²) in [4.78, 5) is 12.6. The van der Waals surface area contributed by atoms with E-state index in [-0.39, 0.29) is 32.5 Å². The van der Waals surface area contributed by atoms with E-state index in [1.54, 1.807) is 0 Å². The first kappa shape index (κ1) is 40.4. The summed E-state index contributed by atoms with van der Waals surface area (Å²) in [6, 6.07) is -4.82. The molecule has 3 aliphatic heterocycles. The third kappa shape index (κ3) is 8.66. The third-order valence-corrected chi connectivity index (χ3v) is 9.40. The number of aliphatic hydroxyl groups excluding tert-OH is 8. The zero-order valence-electron chi connectivity index (χ0n) is 26.7. The summed E-state index contributed by atoms with van der Waals surface area (Å²) in [6.07, 6.45) is -23.2. The van der Waals surface area contributed by atoms with Gasteiger partial charge in [-0.05, 0) is 19.4 Å². The number of hydrogen-bond acceptors (Lipinski definition) is 21. The average Bonchev–Trinajstić information content (AvgIpc) is 3.38. The van der Waals surface area contributed by atoms with Crippen LogP contribution >= 0.6 is 0 Å². The molecule has 1 aliphatic carbocycles. The highest BCUT2D eigenvalue weighted by molar-refractivity contribution is 5.80. The summed E-state index contributed by atoms with van der Waals surface area (Å²) < 4.78 is 35.0. The monoisotopic (exact) mass is 715 g/mol. The van der Waals surface area contributed by atoms with Crippen LogP contribution in [0.3, 0.4) is 0 Å². The van der Waals surface area contributed by atoms with Crippen molar-refractivity contribution in [1.82, 2.24) is 5.32 Å². The van der Waals surface area contributed by atoms with Gasteiger partial charge in [-0.25, -0.2) is 0 Å². The van der Waals surface area contributed by atoms with Crippen molar-refractivity contribution in [1.29, 1.82) is 0 Å². The van der Waals surface area contributed by atoms with Crippen molar-refractivity contribution in [3.05, 3.63) is 0 Å². The van der Waals surface area contributed by atoms with E-state index in [0.29, 0.717) is 0 Å². The molecule has 22 heteroatoms.